The van der Waals surface area contributed by atoms with Gasteiger partial charge in [-0.1, -0.05) is 12.1 Å². The van der Waals surface area contributed by atoms with Crippen LogP contribution in [0.1, 0.15) is 11.3 Å². The Morgan fingerprint density at radius 1 is 1.36 bits per heavy atom. The van der Waals surface area contributed by atoms with E-state index in [1.807, 2.05) is 46.4 Å². The van der Waals surface area contributed by atoms with Crippen molar-refractivity contribution < 1.29 is 9.53 Å². The van der Waals surface area contributed by atoms with Gasteiger partial charge in [0, 0.05) is 30.7 Å². The molecule has 2 heterocycles. The monoisotopic (exact) mass is 315 g/mol. The van der Waals surface area contributed by atoms with E-state index in [9.17, 15) is 4.79 Å². The molecule has 2 aromatic heterocycles. The summed E-state index contributed by atoms with van der Waals surface area (Å²) in [5, 5.41) is 4.93. The Labute approximate surface area is 132 Å². The summed E-state index contributed by atoms with van der Waals surface area (Å²) in [6, 6.07) is 7.53. The zero-order chi connectivity index (χ0) is 15.4. The second-order valence-electron chi connectivity index (χ2n) is 4.95. The first-order valence-electron chi connectivity index (χ1n) is 7.05. The molecule has 0 aliphatic rings. The van der Waals surface area contributed by atoms with Crippen LogP contribution in [0.5, 0.6) is 5.75 Å². The normalized spacial score (nSPS) is 10.8. The SMILES string of the molecule is COc1ccc(CC(=O)NCCc2cn3ccsc3n2)cc1. The summed E-state index contributed by atoms with van der Waals surface area (Å²) >= 11 is 1.61. The molecular weight excluding hydrogens is 298 g/mol. The van der Waals surface area contributed by atoms with Gasteiger partial charge in [0.1, 0.15) is 5.75 Å². The zero-order valence-electron chi connectivity index (χ0n) is 12.3. The molecule has 0 saturated heterocycles. The van der Waals surface area contributed by atoms with E-state index in [1.54, 1.807) is 18.4 Å². The van der Waals surface area contributed by atoms with E-state index < -0.39 is 0 Å². The number of carbonyl (C=O) groups excluding carboxylic acids is 1. The summed E-state index contributed by atoms with van der Waals surface area (Å²) in [7, 11) is 1.63. The lowest BCUT2D eigenvalue weighted by molar-refractivity contribution is -0.120. The summed E-state index contributed by atoms with van der Waals surface area (Å²) in [6.07, 6.45) is 5.10. The van der Waals surface area contributed by atoms with Crippen LogP contribution in [0.3, 0.4) is 0 Å². The third kappa shape index (κ3) is 3.46. The smallest absolute Gasteiger partial charge is 0.224 e. The number of imidazole rings is 1. The van der Waals surface area contributed by atoms with Crippen molar-refractivity contribution in [1.82, 2.24) is 14.7 Å². The number of carbonyl (C=O) groups is 1. The maximum atomic E-state index is 11.9. The van der Waals surface area contributed by atoms with E-state index in [2.05, 4.69) is 10.3 Å². The van der Waals surface area contributed by atoms with Gasteiger partial charge in [-0.15, -0.1) is 11.3 Å². The van der Waals surface area contributed by atoms with E-state index in [1.165, 1.54) is 0 Å². The number of amides is 1. The van der Waals surface area contributed by atoms with Crippen molar-refractivity contribution in [1.29, 1.82) is 0 Å². The maximum absolute atomic E-state index is 11.9. The minimum absolute atomic E-state index is 0.0196. The maximum Gasteiger partial charge on any atom is 0.224 e. The summed E-state index contributed by atoms with van der Waals surface area (Å²) in [5.74, 6) is 0.815. The molecule has 5 nitrogen and oxygen atoms in total. The van der Waals surface area contributed by atoms with E-state index in [-0.39, 0.29) is 5.91 Å². The molecule has 0 atom stereocenters. The van der Waals surface area contributed by atoms with Crippen LogP contribution >= 0.6 is 11.3 Å². The van der Waals surface area contributed by atoms with Gasteiger partial charge in [0.15, 0.2) is 4.96 Å². The molecule has 0 bridgehead atoms. The van der Waals surface area contributed by atoms with Crippen molar-refractivity contribution in [2.75, 3.05) is 13.7 Å². The molecule has 1 N–H and O–H groups in total. The Balaban J connectivity index is 1.46. The van der Waals surface area contributed by atoms with Gasteiger partial charge in [-0.2, -0.15) is 0 Å². The Hall–Kier alpha value is -2.34. The van der Waals surface area contributed by atoms with Gasteiger partial charge in [0.2, 0.25) is 5.91 Å². The van der Waals surface area contributed by atoms with Crippen molar-refractivity contribution in [3.8, 4) is 5.75 Å². The molecule has 1 aromatic carbocycles. The fourth-order valence-electron chi connectivity index (χ4n) is 2.22. The number of aromatic nitrogens is 2. The topological polar surface area (TPSA) is 55.6 Å². The van der Waals surface area contributed by atoms with Crippen LogP contribution in [0.4, 0.5) is 0 Å². The fourth-order valence-corrected chi connectivity index (χ4v) is 2.94. The van der Waals surface area contributed by atoms with Gasteiger partial charge in [-0.05, 0) is 17.7 Å². The zero-order valence-corrected chi connectivity index (χ0v) is 13.1. The summed E-state index contributed by atoms with van der Waals surface area (Å²) in [5.41, 5.74) is 1.97. The summed E-state index contributed by atoms with van der Waals surface area (Å²) in [4.78, 5) is 17.4. The molecule has 0 fully saturated rings. The third-order valence-corrected chi connectivity index (χ3v) is 4.14. The summed E-state index contributed by atoms with van der Waals surface area (Å²) < 4.78 is 7.10. The number of hydrogen-bond acceptors (Lipinski definition) is 4. The highest BCUT2D eigenvalue weighted by Crippen LogP contribution is 2.12. The quantitative estimate of drug-likeness (QED) is 0.759. The van der Waals surface area contributed by atoms with Gasteiger partial charge >= 0.3 is 0 Å². The molecule has 0 saturated carbocycles. The molecule has 1 amide bonds. The van der Waals surface area contributed by atoms with E-state index in [0.29, 0.717) is 13.0 Å². The molecule has 0 radical (unpaired) electrons. The Morgan fingerprint density at radius 3 is 2.91 bits per heavy atom. The lowest BCUT2D eigenvalue weighted by Crippen LogP contribution is -2.27. The van der Waals surface area contributed by atoms with Crippen molar-refractivity contribution >= 4 is 22.2 Å². The summed E-state index contributed by atoms with van der Waals surface area (Å²) in [6.45, 7) is 0.597. The predicted molar refractivity (Wildman–Crippen MR) is 86.5 cm³/mol. The number of rotatable bonds is 6. The largest absolute Gasteiger partial charge is 0.497 e. The minimum Gasteiger partial charge on any atom is -0.497 e. The number of ether oxygens (including phenoxy) is 1. The van der Waals surface area contributed by atoms with E-state index in [0.717, 1.165) is 28.4 Å². The number of benzene rings is 1. The van der Waals surface area contributed by atoms with Gasteiger partial charge < -0.3 is 10.1 Å². The molecule has 0 spiro atoms. The van der Waals surface area contributed by atoms with Crippen LogP contribution in [-0.2, 0) is 17.6 Å². The molecule has 114 valence electrons. The van der Waals surface area contributed by atoms with Crippen LogP contribution in [0.2, 0.25) is 0 Å². The molecular formula is C16H17N3O2S. The van der Waals surface area contributed by atoms with Crippen LogP contribution in [0.25, 0.3) is 4.96 Å². The van der Waals surface area contributed by atoms with Crippen molar-refractivity contribution in [3.05, 3.63) is 53.3 Å². The first kappa shape index (κ1) is 14.6. The average Bonchev–Trinajstić information content (AvgIpc) is 3.09. The fraction of sp³-hybridized carbons (Fsp3) is 0.250. The molecule has 3 aromatic rings. The van der Waals surface area contributed by atoms with Crippen LogP contribution < -0.4 is 10.1 Å². The minimum atomic E-state index is 0.0196. The molecule has 0 aliphatic carbocycles. The molecule has 0 aliphatic heterocycles. The van der Waals surface area contributed by atoms with Gasteiger partial charge in [0.25, 0.3) is 0 Å². The van der Waals surface area contributed by atoms with E-state index in [4.69, 9.17) is 4.74 Å². The van der Waals surface area contributed by atoms with Gasteiger partial charge in [-0.3, -0.25) is 9.20 Å². The number of hydrogen-bond donors (Lipinski definition) is 1. The van der Waals surface area contributed by atoms with Crippen molar-refractivity contribution in [2.24, 2.45) is 0 Å². The second-order valence-corrected chi connectivity index (χ2v) is 5.82. The van der Waals surface area contributed by atoms with Gasteiger partial charge in [-0.25, -0.2) is 4.98 Å². The van der Waals surface area contributed by atoms with Crippen LogP contribution in [0.15, 0.2) is 42.0 Å². The number of nitrogens with one attached hydrogen (secondary N) is 1. The highest BCUT2D eigenvalue weighted by Gasteiger charge is 2.05. The highest BCUT2D eigenvalue weighted by molar-refractivity contribution is 7.15. The van der Waals surface area contributed by atoms with E-state index >= 15 is 0 Å². The molecule has 0 unspecified atom stereocenters. The van der Waals surface area contributed by atoms with Crippen molar-refractivity contribution in [3.63, 3.8) is 0 Å². The second kappa shape index (κ2) is 6.62. The predicted octanol–water partition coefficient (Wildman–Crippen LogP) is 2.31. The Morgan fingerprint density at radius 2 is 2.18 bits per heavy atom. The highest BCUT2D eigenvalue weighted by atomic mass is 32.1. The number of methoxy groups -OCH3 is 1. The first-order chi connectivity index (χ1) is 10.7. The van der Waals surface area contributed by atoms with Crippen LogP contribution in [0, 0.1) is 0 Å². The first-order valence-corrected chi connectivity index (χ1v) is 7.93. The Bertz CT molecular complexity index is 733. The van der Waals surface area contributed by atoms with Crippen LogP contribution in [-0.4, -0.2) is 28.9 Å². The molecule has 22 heavy (non-hydrogen) atoms. The number of thiazole rings is 1. The molecule has 3 rings (SSSR count). The Kier molecular flexibility index (Phi) is 4.39. The lowest BCUT2D eigenvalue weighted by Gasteiger charge is -2.05. The molecule has 6 heteroatoms. The third-order valence-electron chi connectivity index (χ3n) is 3.37. The average molecular weight is 315 g/mol. The lowest BCUT2D eigenvalue weighted by atomic mass is 10.1. The number of fused-ring (bicyclic) bond motifs is 1. The standard InChI is InChI=1S/C16H17N3O2S/c1-21-14-4-2-12(3-5-14)10-15(20)17-7-6-13-11-19-8-9-22-16(19)18-13/h2-5,8-9,11H,6-7,10H2,1H3,(H,17,20). The van der Waals surface area contributed by atoms with Crippen molar-refractivity contribution in [2.45, 2.75) is 12.8 Å². The number of nitrogens with zero attached hydrogens (tertiary/aromatic N) is 2. The van der Waals surface area contributed by atoms with Gasteiger partial charge in [0.05, 0.1) is 19.2 Å².